The van der Waals surface area contributed by atoms with Crippen LogP contribution in [0.4, 0.5) is 0 Å². The monoisotopic (exact) mass is 361 g/mol. The van der Waals surface area contributed by atoms with Crippen LogP contribution in [-0.2, 0) is 17.9 Å². The number of amides is 1. The maximum Gasteiger partial charge on any atom is 0.237 e. The molecule has 0 aromatic carbocycles. The third-order valence-electron chi connectivity index (χ3n) is 6.15. The van der Waals surface area contributed by atoms with Crippen LogP contribution in [-0.4, -0.2) is 64.5 Å². The standard InChI is InChI=1S/C20H35N5O/c1-4-9-24-13-8-21-18(24)15-22-19(26)17-14-20(16-25(17)10-5-2)6-11-23(3)12-7-20/h8,13,17H,4-7,9-12,14-16H2,1-3H3,(H,22,26). The molecule has 1 atom stereocenters. The molecule has 3 heterocycles. The van der Waals surface area contributed by atoms with Crippen LogP contribution in [0.5, 0.6) is 0 Å². The molecular formula is C20H35N5O. The molecule has 0 bridgehead atoms. The largest absolute Gasteiger partial charge is 0.348 e. The van der Waals surface area contributed by atoms with E-state index < -0.39 is 0 Å². The third-order valence-corrected chi connectivity index (χ3v) is 6.15. The average Bonchev–Trinajstić information content (AvgIpc) is 3.22. The number of piperidine rings is 1. The fourth-order valence-electron chi connectivity index (χ4n) is 4.62. The van der Waals surface area contributed by atoms with Crippen molar-refractivity contribution in [3.63, 3.8) is 0 Å². The van der Waals surface area contributed by atoms with Crippen molar-refractivity contribution >= 4 is 5.91 Å². The molecule has 6 nitrogen and oxygen atoms in total. The Hall–Kier alpha value is -1.40. The third kappa shape index (κ3) is 4.29. The summed E-state index contributed by atoms with van der Waals surface area (Å²) in [6.07, 6.45) is 9.43. The van der Waals surface area contributed by atoms with Crippen molar-refractivity contribution in [3.05, 3.63) is 18.2 Å². The fraction of sp³-hybridized carbons (Fsp3) is 0.800. The number of nitrogens with one attached hydrogen (secondary N) is 1. The van der Waals surface area contributed by atoms with Gasteiger partial charge in [-0.25, -0.2) is 4.98 Å². The number of carbonyl (C=O) groups excluding carboxylic acids is 1. The quantitative estimate of drug-likeness (QED) is 0.808. The molecule has 3 rings (SSSR count). The van der Waals surface area contributed by atoms with E-state index in [0.717, 1.165) is 57.8 Å². The Morgan fingerprint density at radius 3 is 2.69 bits per heavy atom. The van der Waals surface area contributed by atoms with Gasteiger partial charge in [-0.15, -0.1) is 0 Å². The molecule has 2 aliphatic heterocycles. The molecule has 1 aromatic heterocycles. The summed E-state index contributed by atoms with van der Waals surface area (Å²) < 4.78 is 2.14. The van der Waals surface area contributed by atoms with Crippen LogP contribution in [0.2, 0.25) is 0 Å². The molecule has 26 heavy (non-hydrogen) atoms. The zero-order valence-corrected chi connectivity index (χ0v) is 16.7. The van der Waals surface area contributed by atoms with E-state index in [0.29, 0.717) is 12.0 Å². The first-order chi connectivity index (χ1) is 12.6. The van der Waals surface area contributed by atoms with Crippen LogP contribution in [0.3, 0.4) is 0 Å². The van der Waals surface area contributed by atoms with Crippen molar-refractivity contribution in [1.29, 1.82) is 0 Å². The normalized spacial score (nSPS) is 23.6. The number of imidazole rings is 1. The highest BCUT2D eigenvalue weighted by atomic mass is 16.2. The number of nitrogens with zero attached hydrogens (tertiary/aromatic N) is 4. The van der Waals surface area contributed by atoms with Gasteiger partial charge in [0.05, 0.1) is 12.6 Å². The average molecular weight is 362 g/mol. The van der Waals surface area contributed by atoms with Gasteiger partial charge < -0.3 is 14.8 Å². The lowest BCUT2D eigenvalue weighted by Crippen LogP contribution is -2.43. The van der Waals surface area contributed by atoms with E-state index in [2.05, 4.69) is 45.6 Å². The van der Waals surface area contributed by atoms with Crippen molar-refractivity contribution in [3.8, 4) is 0 Å². The van der Waals surface area contributed by atoms with E-state index >= 15 is 0 Å². The van der Waals surface area contributed by atoms with Crippen molar-refractivity contribution in [2.75, 3.05) is 33.2 Å². The zero-order chi connectivity index (χ0) is 18.6. The topological polar surface area (TPSA) is 53.4 Å². The molecule has 2 fully saturated rings. The molecule has 2 saturated heterocycles. The molecule has 146 valence electrons. The lowest BCUT2D eigenvalue weighted by atomic mass is 9.76. The van der Waals surface area contributed by atoms with E-state index in [4.69, 9.17) is 0 Å². The van der Waals surface area contributed by atoms with Gasteiger partial charge in [0.15, 0.2) is 0 Å². The van der Waals surface area contributed by atoms with E-state index in [1.807, 2.05) is 12.4 Å². The highest BCUT2D eigenvalue weighted by Gasteiger charge is 2.47. The smallest absolute Gasteiger partial charge is 0.237 e. The van der Waals surface area contributed by atoms with Gasteiger partial charge in [0.1, 0.15) is 5.82 Å². The minimum Gasteiger partial charge on any atom is -0.348 e. The number of rotatable bonds is 7. The molecule has 0 aliphatic carbocycles. The molecule has 0 saturated carbocycles. The molecule has 1 N–H and O–H groups in total. The summed E-state index contributed by atoms with van der Waals surface area (Å²) >= 11 is 0. The Kier molecular flexibility index (Phi) is 6.35. The molecule has 0 radical (unpaired) electrons. The van der Waals surface area contributed by atoms with Crippen molar-refractivity contribution in [1.82, 2.24) is 24.7 Å². The number of hydrogen-bond acceptors (Lipinski definition) is 4. The molecule has 1 spiro atoms. The van der Waals surface area contributed by atoms with E-state index in [1.165, 1.54) is 12.8 Å². The lowest BCUT2D eigenvalue weighted by molar-refractivity contribution is -0.125. The highest BCUT2D eigenvalue weighted by molar-refractivity contribution is 5.82. The van der Waals surface area contributed by atoms with Gasteiger partial charge in [0.25, 0.3) is 0 Å². The Balaban J connectivity index is 1.62. The highest BCUT2D eigenvalue weighted by Crippen LogP contribution is 2.43. The van der Waals surface area contributed by atoms with E-state index in [-0.39, 0.29) is 11.9 Å². The minimum absolute atomic E-state index is 0.0212. The molecule has 1 unspecified atom stereocenters. The van der Waals surface area contributed by atoms with E-state index in [9.17, 15) is 4.79 Å². The second-order valence-electron chi connectivity index (χ2n) is 8.25. The van der Waals surface area contributed by atoms with Crippen LogP contribution in [0.1, 0.15) is 51.8 Å². The van der Waals surface area contributed by atoms with Crippen molar-refractivity contribution in [2.24, 2.45) is 5.41 Å². The predicted octanol–water partition coefficient (Wildman–Crippen LogP) is 2.11. The molecule has 1 aromatic rings. The number of aryl methyl sites for hydroxylation is 1. The molecule has 1 amide bonds. The van der Waals surface area contributed by atoms with Crippen LogP contribution in [0.25, 0.3) is 0 Å². The second kappa shape index (κ2) is 8.53. The second-order valence-corrected chi connectivity index (χ2v) is 8.25. The van der Waals surface area contributed by atoms with Gasteiger partial charge in [0.2, 0.25) is 5.91 Å². The van der Waals surface area contributed by atoms with Crippen LogP contribution in [0.15, 0.2) is 12.4 Å². The maximum absolute atomic E-state index is 13.0. The van der Waals surface area contributed by atoms with Gasteiger partial charge in [-0.1, -0.05) is 13.8 Å². The molecular weight excluding hydrogens is 326 g/mol. The number of likely N-dealkylation sites (tertiary alicyclic amines) is 2. The summed E-state index contributed by atoms with van der Waals surface area (Å²) in [4.78, 5) is 22.2. The summed E-state index contributed by atoms with van der Waals surface area (Å²) in [6, 6.07) is 0.0212. The minimum atomic E-state index is 0.0212. The van der Waals surface area contributed by atoms with Crippen LogP contribution in [0, 0.1) is 5.41 Å². The molecule has 6 heteroatoms. The first-order valence-electron chi connectivity index (χ1n) is 10.3. The Morgan fingerprint density at radius 1 is 1.27 bits per heavy atom. The number of carbonyl (C=O) groups is 1. The maximum atomic E-state index is 13.0. The fourth-order valence-corrected chi connectivity index (χ4v) is 4.62. The van der Waals surface area contributed by atoms with Gasteiger partial charge in [-0.3, -0.25) is 9.69 Å². The Bertz CT molecular complexity index is 591. The van der Waals surface area contributed by atoms with Gasteiger partial charge in [-0.2, -0.15) is 0 Å². The van der Waals surface area contributed by atoms with Gasteiger partial charge in [0, 0.05) is 25.5 Å². The van der Waals surface area contributed by atoms with Gasteiger partial charge in [-0.05, 0) is 64.2 Å². The van der Waals surface area contributed by atoms with Crippen molar-refractivity contribution in [2.45, 2.75) is 65.1 Å². The number of hydrogen-bond donors (Lipinski definition) is 1. The van der Waals surface area contributed by atoms with Crippen LogP contribution >= 0.6 is 0 Å². The zero-order valence-electron chi connectivity index (χ0n) is 16.7. The number of aromatic nitrogens is 2. The summed E-state index contributed by atoms with van der Waals surface area (Å²) in [7, 11) is 2.20. The van der Waals surface area contributed by atoms with Crippen molar-refractivity contribution < 1.29 is 4.79 Å². The van der Waals surface area contributed by atoms with E-state index in [1.54, 1.807) is 0 Å². The summed E-state index contributed by atoms with van der Waals surface area (Å²) in [5, 5.41) is 3.17. The molecule has 2 aliphatic rings. The Morgan fingerprint density at radius 2 is 2.00 bits per heavy atom. The summed E-state index contributed by atoms with van der Waals surface area (Å²) in [5.74, 6) is 1.13. The summed E-state index contributed by atoms with van der Waals surface area (Å²) in [6.45, 7) is 10.2. The Labute approximate surface area is 157 Å². The first-order valence-corrected chi connectivity index (χ1v) is 10.3. The summed E-state index contributed by atoms with van der Waals surface area (Å²) in [5.41, 5.74) is 0.338. The van der Waals surface area contributed by atoms with Crippen LogP contribution < -0.4 is 5.32 Å². The first kappa shape index (κ1) is 19.4. The predicted molar refractivity (Wildman–Crippen MR) is 104 cm³/mol. The lowest BCUT2D eigenvalue weighted by Gasteiger charge is -2.37. The SMILES string of the molecule is CCCN1CC2(CCN(C)CC2)CC1C(=O)NCc1nccn1CCC. The van der Waals surface area contributed by atoms with Gasteiger partial charge >= 0.3 is 0 Å².